The zero-order valence-corrected chi connectivity index (χ0v) is 17.9. The zero-order chi connectivity index (χ0) is 21.0. The van der Waals surface area contributed by atoms with E-state index in [0.29, 0.717) is 22.2 Å². The number of nitrogens with one attached hydrogen (secondary N) is 1. The van der Waals surface area contributed by atoms with E-state index in [1.807, 2.05) is 32.0 Å². The average Bonchev–Trinajstić information content (AvgIpc) is 2.99. The summed E-state index contributed by atoms with van der Waals surface area (Å²) in [5.74, 6) is -0.352. The first-order valence-electron chi connectivity index (χ1n) is 8.99. The van der Waals surface area contributed by atoms with Gasteiger partial charge in [0.25, 0.3) is 0 Å². The van der Waals surface area contributed by atoms with Gasteiger partial charge < -0.3 is 14.7 Å². The number of hydrazone groups is 1. The van der Waals surface area contributed by atoms with Gasteiger partial charge >= 0.3 is 5.97 Å². The predicted octanol–water partition coefficient (Wildman–Crippen LogP) is 5.31. The lowest BCUT2D eigenvalue weighted by atomic mass is 10.2. The van der Waals surface area contributed by atoms with Gasteiger partial charge in [-0.25, -0.2) is 4.79 Å². The van der Waals surface area contributed by atoms with Crippen LogP contribution in [0.4, 0.5) is 0 Å². The Labute approximate surface area is 179 Å². The highest BCUT2D eigenvalue weighted by Crippen LogP contribution is 2.24. The third-order valence-corrected chi connectivity index (χ3v) is 5.34. The molecule has 3 rings (SSSR count). The molecule has 0 aliphatic carbocycles. The Bertz CT molecular complexity index is 1040. The number of carbonyl (C=O) groups is 1. The highest BCUT2D eigenvalue weighted by atomic mass is 35.5. The number of nitrogens with zero attached hydrogens (tertiary/aromatic N) is 2. The molecule has 0 saturated heterocycles. The minimum Gasteiger partial charge on any atom is -0.465 e. The fourth-order valence-electron chi connectivity index (χ4n) is 3.12. The van der Waals surface area contributed by atoms with Crippen molar-refractivity contribution >= 4 is 35.4 Å². The van der Waals surface area contributed by atoms with Crippen LogP contribution in [0.5, 0.6) is 0 Å². The number of ether oxygens (including phenoxy) is 1. The number of carbonyl (C=O) groups excluding carboxylic acids is 1. The lowest BCUT2D eigenvalue weighted by molar-refractivity contribution is 0.0601. The maximum absolute atomic E-state index is 11.6. The van der Waals surface area contributed by atoms with Crippen LogP contribution in [0.2, 0.25) is 10.0 Å². The Morgan fingerprint density at radius 1 is 1.14 bits per heavy atom. The third-order valence-electron chi connectivity index (χ3n) is 4.63. The molecule has 1 aromatic heterocycles. The molecule has 0 spiro atoms. The van der Waals surface area contributed by atoms with Crippen molar-refractivity contribution in [1.82, 2.24) is 9.99 Å². The van der Waals surface area contributed by atoms with E-state index in [1.165, 1.54) is 7.11 Å². The van der Waals surface area contributed by atoms with E-state index in [-0.39, 0.29) is 5.97 Å². The lowest BCUT2D eigenvalue weighted by Crippen LogP contribution is -2.07. The molecular formula is C22H21Cl2N3O2. The normalized spacial score (nSPS) is 11.1. The quantitative estimate of drug-likeness (QED) is 0.328. The van der Waals surface area contributed by atoms with E-state index in [1.54, 1.807) is 30.5 Å². The molecule has 0 bridgehead atoms. The number of aryl methyl sites for hydroxylation is 1. The Kier molecular flexibility index (Phi) is 6.62. The highest BCUT2D eigenvalue weighted by Gasteiger charge is 2.11. The van der Waals surface area contributed by atoms with Crippen LogP contribution in [-0.2, 0) is 11.3 Å². The number of rotatable bonds is 6. The molecule has 3 aromatic rings. The van der Waals surface area contributed by atoms with E-state index in [4.69, 9.17) is 27.9 Å². The molecule has 0 saturated carbocycles. The van der Waals surface area contributed by atoms with Crippen LogP contribution in [0.25, 0.3) is 5.69 Å². The fourth-order valence-corrected chi connectivity index (χ4v) is 3.65. The predicted molar refractivity (Wildman–Crippen MR) is 117 cm³/mol. The summed E-state index contributed by atoms with van der Waals surface area (Å²) < 4.78 is 6.85. The molecule has 0 atom stereocenters. The van der Waals surface area contributed by atoms with Crippen molar-refractivity contribution in [3.63, 3.8) is 0 Å². The van der Waals surface area contributed by atoms with Gasteiger partial charge in [0, 0.05) is 38.2 Å². The summed E-state index contributed by atoms with van der Waals surface area (Å²) in [4.78, 5) is 11.6. The topological polar surface area (TPSA) is 55.6 Å². The summed E-state index contributed by atoms with van der Waals surface area (Å²) in [6.07, 6.45) is 1.77. The van der Waals surface area contributed by atoms with E-state index in [0.717, 1.165) is 28.2 Å². The van der Waals surface area contributed by atoms with Gasteiger partial charge in [-0.2, -0.15) is 5.10 Å². The molecule has 0 fully saturated rings. The monoisotopic (exact) mass is 429 g/mol. The van der Waals surface area contributed by atoms with Crippen LogP contribution in [0.1, 0.15) is 32.9 Å². The van der Waals surface area contributed by atoms with Gasteiger partial charge in [-0.05, 0) is 56.3 Å². The third kappa shape index (κ3) is 4.63. The fraction of sp³-hybridized carbons (Fsp3) is 0.182. The molecule has 0 aliphatic heterocycles. The molecule has 1 N–H and O–H groups in total. The number of methoxy groups -OCH3 is 1. The van der Waals surface area contributed by atoms with Gasteiger partial charge in [-0.3, -0.25) is 0 Å². The summed E-state index contributed by atoms with van der Waals surface area (Å²) >= 11 is 12.3. The molecule has 0 amide bonds. The van der Waals surface area contributed by atoms with Crippen LogP contribution >= 0.6 is 23.2 Å². The SMILES string of the molecule is COC(=O)c1ccc(-n2c(C)cc(/C=N\NCc3c(Cl)cccc3Cl)c2C)cc1. The van der Waals surface area contributed by atoms with E-state index in [9.17, 15) is 4.79 Å². The second-order valence-corrected chi connectivity index (χ2v) is 7.31. The first kappa shape index (κ1) is 21.0. The summed E-state index contributed by atoms with van der Waals surface area (Å²) in [6, 6.07) is 14.8. The Morgan fingerprint density at radius 2 is 1.79 bits per heavy atom. The highest BCUT2D eigenvalue weighted by molar-refractivity contribution is 6.35. The molecule has 5 nitrogen and oxygen atoms in total. The van der Waals surface area contributed by atoms with Crippen molar-refractivity contribution in [2.45, 2.75) is 20.4 Å². The number of hydrogen-bond acceptors (Lipinski definition) is 4. The lowest BCUT2D eigenvalue weighted by Gasteiger charge is -2.10. The van der Waals surface area contributed by atoms with Gasteiger partial charge in [-0.1, -0.05) is 29.3 Å². The largest absolute Gasteiger partial charge is 0.465 e. The Hall–Kier alpha value is -2.76. The van der Waals surface area contributed by atoms with Crippen molar-refractivity contribution in [1.29, 1.82) is 0 Å². The first-order chi connectivity index (χ1) is 13.9. The summed E-state index contributed by atoms with van der Waals surface area (Å²) in [5.41, 5.74) is 8.36. The van der Waals surface area contributed by atoms with Gasteiger partial charge in [0.15, 0.2) is 0 Å². The summed E-state index contributed by atoms with van der Waals surface area (Å²) in [6.45, 7) is 4.48. The second-order valence-electron chi connectivity index (χ2n) is 6.49. The number of esters is 1. The number of halogens is 2. The number of benzene rings is 2. The van der Waals surface area contributed by atoms with Crippen LogP contribution in [0, 0.1) is 13.8 Å². The molecule has 29 heavy (non-hydrogen) atoms. The second kappa shape index (κ2) is 9.16. The minimum absolute atomic E-state index is 0.352. The zero-order valence-electron chi connectivity index (χ0n) is 16.4. The van der Waals surface area contributed by atoms with Gasteiger partial charge in [-0.15, -0.1) is 0 Å². The maximum atomic E-state index is 11.6. The van der Waals surface area contributed by atoms with E-state index >= 15 is 0 Å². The summed E-state index contributed by atoms with van der Waals surface area (Å²) in [5, 5.41) is 5.52. The van der Waals surface area contributed by atoms with Crippen molar-refractivity contribution in [2.24, 2.45) is 5.10 Å². The Morgan fingerprint density at radius 3 is 2.41 bits per heavy atom. The molecule has 1 heterocycles. The molecule has 150 valence electrons. The van der Waals surface area contributed by atoms with Crippen LogP contribution in [0.15, 0.2) is 53.6 Å². The molecule has 0 aliphatic rings. The Balaban J connectivity index is 1.75. The smallest absolute Gasteiger partial charge is 0.337 e. The molecule has 2 aromatic carbocycles. The standard InChI is InChI=1S/C22H21Cl2N3O2/c1-14-11-17(12-25-26-13-19-20(23)5-4-6-21(19)24)15(2)27(14)18-9-7-16(8-10-18)22(28)29-3/h4-12,26H,13H2,1-3H3/b25-12-. The minimum atomic E-state index is -0.352. The number of aromatic nitrogens is 1. The summed E-state index contributed by atoms with van der Waals surface area (Å²) in [7, 11) is 1.37. The van der Waals surface area contributed by atoms with Crippen molar-refractivity contribution in [3.05, 3.63) is 86.7 Å². The van der Waals surface area contributed by atoms with Crippen molar-refractivity contribution in [2.75, 3.05) is 7.11 Å². The van der Waals surface area contributed by atoms with Gasteiger partial charge in [0.05, 0.1) is 25.4 Å². The maximum Gasteiger partial charge on any atom is 0.337 e. The average molecular weight is 430 g/mol. The molecule has 0 unspecified atom stereocenters. The van der Waals surface area contributed by atoms with Crippen LogP contribution in [-0.4, -0.2) is 23.9 Å². The van der Waals surface area contributed by atoms with Crippen LogP contribution < -0.4 is 5.43 Å². The first-order valence-corrected chi connectivity index (χ1v) is 9.74. The van der Waals surface area contributed by atoms with Crippen molar-refractivity contribution in [3.8, 4) is 5.69 Å². The van der Waals surface area contributed by atoms with Gasteiger partial charge in [0.1, 0.15) is 0 Å². The van der Waals surface area contributed by atoms with E-state index in [2.05, 4.69) is 21.2 Å². The van der Waals surface area contributed by atoms with Crippen LogP contribution in [0.3, 0.4) is 0 Å². The number of hydrogen-bond donors (Lipinski definition) is 1. The molecule has 7 heteroatoms. The van der Waals surface area contributed by atoms with Crippen molar-refractivity contribution < 1.29 is 9.53 Å². The van der Waals surface area contributed by atoms with Gasteiger partial charge in [0.2, 0.25) is 0 Å². The molecule has 0 radical (unpaired) electrons. The van der Waals surface area contributed by atoms with E-state index < -0.39 is 0 Å². The molecular weight excluding hydrogens is 409 g/mol.